The number of ketones is 1. The van der Waals surface area contributed by atoms with Crippen molar-refractivity contribution in [2.24, 2.45) is 0 Å². The van der Waals surface area contributed by atoms with Gasteiger partial charge in [0.25, 0.3) is 0 Å². The average Bonchev–Trinajstić information content (AvgIpc) is 2.98. The number of aliphatic hydroxyl groups is 1. The fourth-order valence-corrected chi connectivity index (χ4v) is 6.05. The van der Waals surface area contributed by atoms with Gasteiger partial charge in [-0.1, -0.05) is 6.07 Å². The minimum absolute atomic E-state index is 0.107. The summed E-state index contributed by atoms with van der Waals surface area (Å²) in [6.45, 7) is 1.02. The molecule has 4 aliphatic rings. The molecule has 5 rings (SSSR count). The summed E-state index contributed by atoms with van der Waals surface area (Å²) in [5.41, 5.74) is 0.0416. The van der Waals surface area contributed by atoms with E-state index in [4.69, 9.17) is 25.6 Å². The van der Waals surface area contributed by atoms with E-state index in [1.54, 1.807) is 13.2 Å². The molecule has 1 N–H and O–H groups in total. The smallest absolute Gasteiger partial charge is 0.202 e. The number of hydrogen-bond acceptors (Lipinski definition) is 5. The maximum atomic E-state index is 12.7. The van der Waals surface area contributed by atoms with Crippen molar-refractivity contribution in [3.63, 3.8) is 0 Å². The van der Waals surface area contributed by atoms with E-state index < -0.39 is 17.1 Å². The van der Waals surface area contributed by atoms with E-state index in [1.165, 1.54) is 6.08 Å². The molecule has 0 radical (unpaired) electrons. The third kappa shape index (κ3) is 1.63. The van der Waals surface area contributed by atoms with Crippen molar-refractivity contribution in [3.05, 3.63) is 35.4 Å². The van der Waals surface area contributed by atoms with Gasteiger partial charge in [0.15, 0.2) is 23.4 Å². The van der Waals surface area contributed by atoms with Crippen LogP contribution in [0.15, 0.2) is 24.3 Å². The van der Waals surface area contributed by atoms with Gasteiger partial charge in [0.2, 0.25) is 6.73 Å². The van der Waals surface area contributed by atoms with Gasteiger partial charge in [-0.15, -0.1) is 0 Å². The van der Waals surface area contributed by atoms with E-state index in [0.717, 1.165) is 17.7 Å². The Morgan fingerprint density at radius 1 is 1.46 bits per heavy atom. The first kappa shape index (κ1) is 16.6. The summed E-state index contributed by atoms with van der Waals surface area (Å²) in [7, 11) is 3.63. The number of likely N-dealkylation sites (tertiary alicyclic amines) is 1. The second-order valence-electron chi connectivity index (χ2n) is 8.07. The van der Waals surface area contributed by atoms with Gasteiger partial charge in [-0.2, -0.15) is 0 Å². The molecule has 1 spiro atoms. The lowest BCUT2D eigenvalue weighted by atomic mass is 9.50. The van der Waals surface area contributed by atoms with E-state index in [-0.39, 0.29) is 18.6 Å². The Morgan fingerprint density at radius 3 is 3.00 bits per heavy atom. The second-order valence-corrected chi connectivity index (χ2v) is 8.29. The zero-order chi connectivity index (χ0) is 18.3. The van der Waals surface area contributed by atoms with E-state index in [2.05, 4.69) is 0 Å². The Labute approximate surface area is 156 Å². The van der Waals surface area contributed by atoms with Gasteiger partial charge in [-0.25, -0.2) is 4.29 Å². The molecule has 1 unspecified atom stereocenters. The summed E-state index contributed by atoms with van der Waals surface area (Å²) < 4.78 is 17.1. The third-order valence-corrected chi connectivity index (χ3v) is 7.16. The first-order chi connectivity index (χ1) is 12.4. The minimum Gasteiger partial charge on any atom is -0.493 e. The summed E-state index contributed by atoms with van der Waals surface area (Å²) in [6, 6.07) is 3.72. The summed E-state index contributed by atoms with van der Waals surface area (Å²) >= 11 is 5.61. The van der Waals surface area contributed by atoms with Crippen LogP contribution in [0.2, 0.25) is 0 Å². The molecule has 7 heteroatoms. The minimum atomic E-state index is -1.21. The normalized spacial score (nSPS) is 41.6. The van der Waals surface area contributed by atoms with Crippen molar-refractivity contribution in [2.45, 2.75) is 36.0 Å². The fourth-order valence-electron chi connectivity index (χ4n) is 5.83. The second kappa shape index (κ2) is 5.01. The molecule has 1 fully saturated rings. The Hall–Kier alpha value is -1.60. The highest BCUT2D eigenvalue weighted by molar-refractivity contribution is 6.07. The molecule has 2 heterocycles. The predicted molar refractivity (Wildman–Crippen MR) is 93.2 cm³/mol. The van der Waals surface area contributed by atoms with Gasteiger partial charge in [-0.3, -0.25) is 9.28 Å². The van der Waals surface area contributed by atoms with Crippen LogP contribution in [-0.4, -0.2) is 60.6 Å². The number of ether oxygens (including phenoxy) is 2. The molecule has 26 heavy (non-hydrogen) atoms. The van der Waals surface area contributed by atoms with Gasteiger partial charge in [0.05, 0.1) is 38.0 Å². The van der Waals surface area contributed by atoms with Crippen LogP contribution in [0.4, 0.5) is 0 Å². The van der Waals surface area contributed by atoms with Crippen LogP contribution in [0.3, 0.4) is 0 Å². The zero-order valence-corrected chi connectivity index (χ0v) is 15.5. The highest BCUT2D eigenvalue weighted by atomic mass is 35.5. The van der Waals surface area contributed by atoms with Crippen LogP contribution in [0.25, 0.3) is 0 Å². The van der Waals surface area contributed by atoms with E-state index >= 15 is 0 Å². The highest BCUT2D eigenvalue weighted by Crippen LogP contribution is 2.64. The molecule has 2 bridgehead atoms. The fraction of sp³-hybridized carbons (Fsp3) is 0.526. The Balaban J connectivity index is 1.82. The summed E-state index contributed by atoms with van der Waals surface area (Å²) in [4.78, 5) is 12.7. The molecule has 6 nitrogen and oxygen atoms in total. The molecule has 1 aromatic rings. The molecule has 0 aromatic heterocycles. The Kier molecular flexibility index (Phi) is 3.19. The van der Waals surface area contributed by atoms with Crippen molar-refractivity contribution in [1.82, 2.24) is 0 Å². The van der Waals surface area contributed by atoms with Gasteiger partial charge < -0.3 is 14.6 Å². The number of carbonyl (C=O) groups is 1. The molecule has 0 saturated carbocycles. The van der Waals surface area contributed by atoms with Gasteiger partial charge in [-0.05, 0) is 23.8 Å². The van der Waals surface area contributed by atoms with Crippen molar-refractivity contribution in [3.8, 4) is 11.5 Å². The number of hydrogen-bond donors (Lipinski definition) is 1. The third-order valence-electron chi connectivity index (χ3n) is 7.07. The molecule has 2 aliphatic heterocycles. The van der Waals surface area contributed by atoms with Crippen LogP contribution >= 0.6 is 11.9 Å². The number of quaternary nitrogens is 1. The molecule has 1 saturated heterocycles. The maximum Gasteiger partial charge on any atom is 0.202 e. The van der Waals surface area contributed by atoms with Crippen LogP contribution in [0.1, 0.15) is 17.5 Å². The topological polar surface area (TPSA) is 65.0 Å². The van der Waals surface area contributed by atoms with Crippen molar-refractivity contribution in [2.75, 3.05) is 27.4 Å². The van der Waals surface area contributed by atoms with Gasteiger partial charge >= 0.3 is 0 Å². The first-order valence-electron chi connectivity index (χ1n) is 8.81. The molecule has 5 atom stereocenters. The number of methoxy groups -OCH3 is 1. The lowest BCUT2D eigenvalue weighted by Gasteiger charge is -2.62. The standard InChI is InChI=1S/C19H21ClNO5/c1-21(10-25-20)8-7-18-15-11-3-4-13(24-2)16(15)26-17(18)12(22)5-6-19(18,23)14(21)9-11/h3-6,14,17,23H,7-10H2,1-2H3/q+1/t14?,17-,18-,19+,21-/m0/s1. The van der Waals surface area contributed by atoms with Gasteiger partial charge in [0, 0.05) is 18.4 Å². The summed E-state index contributed by atoms with van der Waals surface area (Å²) in [5, 5.41) is 12.0. The number of carbonyl (C=O) groups excluding carboxylic acids is 1. The van der Waals surface area contributed by atoms with E-state index in [1.807, 2.05) is 19.2 Å². The first-order valence-corrected chi connectivity index (χ1v) is 9.12. The summed E-state index contributed by atoms with van der Waals surface area (Å²) in [5.74, 6) is 1.10. The number of halogens is 1. The van der Waals surface area contributed by atoms with Gasteiger partial charge in [0.1, 0.15) is 11.6 Å². The number of benzene rings is 1. The average molecular weight is 379 g/mol. The monoisotopic (exact) mass is 378 g/mol. The largest absolute Gasteiger partial charge is 0.493 e. The summed E-state index contributed by atoms with van der Waals surface area (Å²) in [6.07, 6.45) is 3.68. The molecule has 1 aromatic carbocycles. The quantitative estimate of drug-likeness (QED) is 0.807. The molecule has 0 amide bonds. The van der Waals surface area contributed by atoms with Crippen molar-refractivity contribution in [1.29, 1.82) is 0 Å². The predicted octanol–water partition coefficient (Wildman–Crippen LogP) is 1.47. The van der Waals surface area contributed by atoms with Crippen molar-refractivity contribution < 1.29 is 28.1 Å². The van der Waals surface area contributed by atoms with E-state index in [9.17, 15) is 9.90 Å². The van der Waals surface area contributed by atoms with Crippen molar-refractivity contribution >= 4 is 17.6 Å². The van der Waals surface area contributed by atoms with Crippen LogP contribution in [0.5, 0.6) is 11.5 Å². The Morgan fingerprint density at radius 2 is 2.27 bits per heavy atom. The maximum absolute atomic E-state index is 12.7. The van der Waals surface area contributed by atoms with E-state index in [0.29, 0.717) is 28.8 Å². The highest BCUT2D eigenvalue weighted by Gasteiger charge is 2.75. The number of rotatable bonds is 3. The number of piperidine rings is 1. The molecule has 138 valence electrons. The Bertz CT molecular complexity index is 857. The van der Waals surface area contributed by atoms with Crippen LogP contribution in [0, 0.1) is 0 Å². The molecular formula is C19H21ClNO5+. The van der Waals surface area contributed by atoms with Crippen LogP contribution < -0.4 is 9.47 Å². The number of nitrogens with zero attached hydrogens (tertiary/aromatic N) is 1. The molecular weight excluding hydrogens is 358 g/mol. The zero-order valence-electron chi connectivity index (χ0n) is 14.7. The SMILES string of the molecule is COc1ccc2c3c1O[C@H]1C(=O)C=C[C@@]4(O)C(C2)[N@+](C)(COCl)CC[C@]314. The lowest BCUT2D eigenvalue weighted by Crippen LogP contribution is -2.79. The number of likely N-dealkylation sites (N-methyl/N-ethyl adjacent to an activating group) is 1. The molecule has 2 aliphatic carbocycles. The lowest BCUT2D eigenvalue weighted by molar-refractivity contribution is -0.961. The van der Waals surface area contributed by atoms with Crippen LogP contribution in [-0.2, 0) is 20.9 Å².